The third-order valence-corrected chi connectivity index (χ3v) is 13.4. The molecular weight excluding hydrogens is 799 g/mol. The molecule has 63 heavy (non-hydrogen) atoms. The number of carbonyl (C=O) groups is 1. The molecule has 1 saturated heterocycles. The largest absolute Gasteiger partial charge is 0.394 e. The lowest BCUT2D eigenvalue weighted by molar-refractivity contribution is -0.303. The molecule has 0 aromatic carbocycles. The van der Waals surface area contributed by atoms with Crippen LogP contribution in [0.15, 0.2) is 0 Å². The van der Waals surface area contributed by atoms with Crippen LogP contribution >= 0.6 is 0 Å². The zero-order valence-electron chi connectivity index (χ0n) is 40.8. The van der Waals surface area contributed by atoms with E-state index in [1.165, 1.54) is 180 Å². The molecule has 1 rings (SSSR count). The molecule has 1 fully saturated rings. The summed E-state index contributed by atoms with van der Waals surface area (Å²) in [6.45, 7) is 3.48. The van der Waals surface area contributed by atoms with Gasteiger partial charge in [0.1, 0.15) is 36.6 Å². The molecule has 9 atom stereocenters. The van der Waals surface area contributed by atoms with Crippen LogP contribution in [-0.2, 0) is 14.3 Å². The van der Waals surface area contributed by atoms with E-state index in [0.717, 1.165) is 38.5 Å². The van der Waals surface area contributed by atoms with Gasteiger partial charge in [-0.05, 0) is 12.8 Å². The Kier molecular flexibility index (Phi) is 40.5. The molecule has 1 heterocycles. The number of ether oxygens (including phenoxy) is 2. The summed E-state index contributed by atoms with van der Waals surface area (Å²) in [6.07, 6.45) is 34.4. The van der Waals surface area contributed by atoms with Crippen LogP contribution in [0.2, 0.25) is 0 Å². The van der Waals surface area contributed by atoms with Gasteiger partial charge in [0.2, 0.25) is 5.91 Å². The average molecular weight is 902 g/mol. The van der Waals surface area contributed by atoms with Crippen molar-refractivity contribution in [3.63, 3.8) is 0 Å². The zero-order valence-corrected chi connectivity index (χ0v) is 40.8. The topological polar surface area (TPSA) is 189 Å². The molecule has 0 saturated carbocycles. The first-order valence-corrected chi connectivity index (χ1v) is 26.9. The van der Waals surface area contributed by atoms with Gasteiger partial charge in [-0.15, -0.1) is 0 Å². The van der Waals surface area contributed by atoms with Crippen LogP contribution in [0.5, 0.6) is 0 Å². The molecule has 376 valence electrons. The van der Waals surface area contributed by atoms with Crippen molar-refractivity contribution in [3.8, 4) is 0 Å². The van der Waals surface area contributed by atoms with Crippen LogP contribution in [0.4, 0.5) is 0 Å². The maximum Gasteiger partial charge on any atom is 0.249 e. The van der Waals surface area contributed by atoms with Gasteiger partial charge in [-0.1, -0.05) is 245 Å². The number of aliphatic hydroxyl groups is 7. The summed E-state index contributed by atoms with van der Waals surface area (Å²) in [5.41, 5.74) is 0. The number of hydrogen-bond acceptors (Lipinski definition) is 10. The molecule has 11 heteroatoms. The highest BCUT2D eigenvalue weighted by molar-refractivity contribution is 5.80. The van der Waals surface area contributed by atoms with E-state index in [4.69, 9.17) is 9.47 Å². The van der Waals surface area contributed by atoms with Crippen LogP contribution in [0.1, 0.15) is 258 Å². The van der Waals surface area contributed by atoms with E-state index in [9.17, 15) is 40.5 Å². The third kappa shape index (κ3) is 31.7. The van der Waals surface area contributed by atoms with Crippen molar-refractivity contribution in [1.82, 2.24) is 5.32 Å². The molecule has 1 aliphatic rings. The summed E-state index contributed by atoms with van der Waals surface area (Å²) in [5.74, 6) is -0.691. The molecule has 0 radical (unpaired) electrons. The molecule has 11 nitrogen and oxygen atoms in total. The Hall–Kier alpha value is -0.890. The monoisotopic (exact) mass is 902 g/mol. The summed E-state index contributed by atoms with van der Waals surface area (Å²) in [7, 11) is 0. The number of unbranched alkanes of at least 4 members (excludes halogenated alkanes) is 34. The number of amides is 1. The van der Waals surface area contributed by atoms with Gasteiger partial charge in [-0.25, -0.2) is 0 Å². The van der Waals surface area contributed by atoms with Gasteiger partial charge in [0.15, 0.2) is 6.29 Å². The Morgan fingerprint density at radius 3 is 1.17 bits per heavy atom. The summed E-state index contributed by atoms with van der Waals surface area (Å²) >= 11 is 0. The highest BCUT2D eigenvalue weighted by Crippen LogP contribution is 2.23. The Balaban J connectivity index is 2.32. The number of carbonyl (C=O) groups excluding carboxylic acids is 1. The SMILES string of the molecule is CCCCCCCCCCCCCCCCCCCCCCCC[C@@H](O)C(=O)N[C@@H](CO[C@H]1O[C@@H](CO)[C@H](O)[C@H](O)[C@@H]1O)[C@H](O)[C@H](O)CCCCCCCCCCCCCCCC. The molecule has 0 unspecified atom stereocenters. The van der Waals surface area contributed by atoms with Crippen LogP contribution in [0.25, 0.3) is 0 Å². The van der Waals surface area contributed by atoms with Gasteiger partial charge in [-0.2, -0.15) is 0 Å². The van der Waals surface area contributed by atoms with E-state index < -0.39 is 74.2 Å². The van der Waals surface area contributed by atoms with Crippen molar-refractivity contribution >= 4 is 5.91 Å². The Morgan fingerprint density at radius 2 is 0.825 bits per heavy atom. The predicted octanol–water partition coefficient (Wildman–Crippen LogP) is 10.2. The number of hydrogen-bond donors (Lipinski definition) is 8. The smallest absolute Gasteiger partial charge is 0.249 e. The van der Waals surface area contributed by atoms with Crippen molar-refractivity contribution in [2.24, 2.45) is 0 Å². The molecular formula is C52H103NO10. The average Bonchev–Trinajstić information content (AvgIpc) is 3.28. The first kappa shape index (κ1) is 60.1. The molecule has 0 spiro atoms. The van der Waals surface area contributed by atoms with E-state index in [1.807, 2.05) is 0 Å². The van der Waals surface area contributed by atoms with Gasteiger partial charge in [0.05, 0.1) is 25.4 Å². The van der Waals surface area contributed by atoms with Crippen molar-refractivity contribution in [1.29, 1.82) is 0 Å². The fraction of sp³-hybridized carbons (Fsp3) is 0.981. The fourth-order valence-electron chi connectivity index (χ4n) is 8.97. The molecule has 0 aliphatic carbocycles. The lowest BCUT2D eigenvalue weighted by Gasteiger charge is -2.40. The third-order valence-electron chi connectivity index (χ3n) is 13.4. The standard InChI is InChI=1S/C52H103NO10/c1-3-5-7-9-11-13-15-17-19-20-21-22-23-24-25-26-28-30-32-34-36-38-40-45(56)51(61)53-43(42-62-52-50(60)49(59)48(58)46(41-54)63-52)47(57)44(55)39-37-35-33-31-29-27-18-16-14-12-10-8-6-4-2/h43-50,52,54-60H,3-42H2,1-2H3,(H,53,61)/t43-,44+,45+,46-,47-,48-,49-,50-,52-/m0/s1. The minimum absolute atomic E-state index is 0.267. The van der Waals surface area contributed by atoms with Crippen LogP contribution < -0.4 is 5.32 Å². The second kappa shape index (κ2) is 42.5. The summed E-state index contributed by atoms with van der Waals surface area (Å²) in [5, 5.41) is 75.9. The van der Waals surface area contributed by atoms with E-state index in [2.05, 4.69) is 19.2 Å². The van der Waals surface area contributed by atoms with E-state index in [1.54, 1.807) is 0 Å². The predicted molar refractivity (Wildman–Crippen MR) is 256 cm³/mol. The van der Waals surface area contributed by atoms with Crippen molar-refractivity contribution in [2.75, 3.05) is 13.2 Å². The van der Waals surface area contributed by atoms with Gasteiger partial charge in [-0.3, -0.25) is 4.79 Å². The minimum Gasteiger partial charge on any atom is -0.394 e. The van der Waals surface area contributed by atoms with E-state index in [0.29, 0.717) is 19.3 Å². The summed E-state index contributed by atoms with van der Waals surface area (Å²) in [6, 6.07) is -1.16. The van der Waals surface area contributed by atoms with E-state index >= 15 is 0 Å². The van der Waals surface area contributed by atoms with Gasteiger partial charge >= 0.3 is 0 Å². The van der Waals surface area contributed by atoms with Crippen molar-refractivity contribution < 1.29 is 50.0 Å². The van der Waals surface area contributed by atoms with Gasteiger partial charge < -0.3 is 50.5 Å². The molecule has 8 N–H and O–H groups in total. The van der Waals surface area contributed by atoms with Crippen molar-refractivity contribution in [2.45, 2.75) is 313 Å². The molecule has 0 bridgehead atoms. The first-order chi connectivity index (χ1) is 30.7. The fourth-order valence-corrected chi connectivity index (χ4v) is 8.97. The maximum atomic E-state index is 13.1. The highest BCUT2D eigenvalue weighted by atomic mass is 16.7. The normalized spacial score (nSPS) is 21.1. The lowest BCUT2D eigenvalue weighted by Crippen LogP contribution is -2.60. The summed E-state index contributed by atoms with van der Waals surface area (Å²) in [4.78, 5) is 13.1. The van der Waals surface area contributed by atoms with Crippen LogP contribution in [0.3, 0.4) is 0 Å². The minimum atomic E-state index is -1.66. The second-order valence-corrected chi connectivity index (χ2v) is 19.3. The number of nitrogens with one attached hydrogen (secondary N) is 1. The maximum absolute atomic E-state index is 13.1. The second-order valence-electron chi connectivity index (χ2n) is 19.3. The summed E-state index contributed by atoms with van der Waals surface area (Å²) < 4.78 is 11.1. The number of rotatable bonds is 46. The van der Waals surface area contributed by atoms with Crippen LogP contribution in [-0.4, -0.2) is 110 Å². The first-order valence-electron chi connectivity index (χ1n) is 26.9. The zero-order chi connectivity index (χ0) is 46.2. The van der Waals surface area contributed by atoms with Crippen LogP contribution in [0, 0.1) is 0 Å². The molecule has 1 amide bonds. The Bertz CT molecular complexity index is 991. The van der Waals surface area contributed by atoms with Crippen molar-refractivity contribution in [3.05, 3.63) is 0 Å². The van der Waals surface area contributed by atoms with E-state index in [-0.39, 0.29) is 6.42 Å². The quantitative estimate of drug-likeness (QED) is 0.0273. The molecule has 1 aliphatic heterocycles. The Morgan fingerprint density at radius 1 is 0.492 bits per heavy atom. The van der Waals surface area contributed by atoms with Gasteiger partial charge in [0, 0.05) is 0 Å². The highest BCUT2D eigenvalue weighted by Gasteiger charge is 2.44. The Labute approximate surface area is 386 Å². The molecule has 0 aromatic heterocycles. The lowest BCUT2D eigenvalue weighted by atomic mass is 9.98. The molecule has 0 aromatic rings. The number of aliphatic hydroxyl groups excluding tert-OH is 7. The van der Waals surface area contributed by atoms with Gasteiger partial charge in [0.25, 0.3) is 0 Å².